The molecule has 0 aliphatic carbocycles. The number of nitro groups is 1. The fourth-order valence-electron chi connectivity index (χ4n) is 1.25. The molecule has 0 aromatic heterocycles. The molecule has 1 aromatic rings. The van der Waals surface area contributed by atoms with E-state index in [1.165, 1.54) is 30.5 Å². The third-order valence-electron chi connectivity index (χ3n) is 2.31. The standard InChI is InChI=1S/C13H12N2O6/c1-20-12(16)7-11(13(17)21-2)14-8-9-3-5-10(6-4-9)15(18)19/h3-8H,1-2H3/b11-7-,14-8?. The molecule has 0 N–H and O–H groups in total. The summed E-state index contributed by atoms with van der Waals surface area (Å²) in [6.45, 7) is 0. The number of benzene rings is 1. The van der Waals surface area contributed by atoms with Gasteiger partial charge in [0.05, 0.1) is 25.2 Å². The number of hydrogen-bond acceptors (Lipinski definition) is 7. The second-order valence-electron chi connectivity index (χ2n) is 3.65. The van der Waals surface area contributed by atoms with E-state index in [1.54, 1.807) is 0 Å². The normalized spacial score (nSPS) is 11.2. The first-order valence-corrected chi connectivity index (χ1v) is 5.64. The minimum absolute atomic E-state index is 0.0644. The summed E-state index contributed by atoms with van der Waals surface area (Å²) < 4.78 is 8.88. The van der Waals surface area contributed by atoms with Crippen LogP contribution in [0.25, 0.3) is 0 Å². The molecule has 0 saturated heterocycles. The van der Waals surface area contributed by atoms with Gasteiger partial charge in [-0.15, -0.1) is 0 Å². The van der Waals surface area contributed by atoms with Crippen LogP contribution < -0.4 is 0 Å². The Hall–Kier alpha value is -3.03. The van der Waals surface area contributed by atoms with Crippen LogP contribution in [0.2, 0.25) is 0 Å². The van der Waals surface area contributed by atoms with Crippen molar-refractivity contribution in [3.63, 3.8) is 0 Å². The Balaban J connectivity index is 2.97. The molecule has 0 unspecified atom stereocenters. The van der Waals surface area contributed by atoms with Crippen molar-refractivity contribution in [2.75, 3.05) is 14.2 Å². The molecule has 8 heteroatoms. The molecule has 0 aliphatic heterocycles. The quantitative estimate of drug-likeness (QED) is 0.265. The zero-order chi connectivity index (χ0) is 15.8. The van der Waals surface area contributed by atoms with Gasteiger partial charge in [-0.1, -0.05) is 0 Å². The number of nitro benzene ring substituents is 1. The van der Waals surface area contributed by atoms with Gasteiger partial charge in [0.2, 0.25) is 0 Å². The highest BCUT2D eigenvalue weighted by Gasteiger charge is 2.10. The van der Waals surface area contributed by atoms with Gasteiger partial charge in [0, 0.05) is 18.3 Å². The van der Waals surface area contributed by atoms with Crippen LogP contribution in [0.1, 0.15) is 5.56 Å². The maximum Gasteiger partial charge on any atom is 0.356 e. The number of nitrogens with zero attached hydrogens (tertiary/aromatic N) is 2. The van der Waals surface area contributed by atoms with E-state index in [-0.39, 0.29) is 11.4 Å². The summed E-state index contributed by atoms with van der Waals surface area (Å²) in [5, 5.41) is 10.5. The molecule has 0 bridgehead atoms. The van der Waals surface area contributed by atoms with Gasteiger partial charge in [-0.2, -0.15) is 0 Å². The third kappa shape index (κ3) is 4.86. The average molecular weight is 292 g/mol. The van der Waals surface area contributed by atoms with Crippen LogP contribution in [-0.2, 0) is 19.1 Å². The molecule has 0 amide bonds. The lowest BCUT2D eigenvalue weighted by Gasteiger charge is -1.99. The van der Waals surface area contributed by atoms with E-state index in [2.05, 4.69) is 14.5 Å². The highest BCUT2D eigenvalue weighted by atomic mass is 16.6. The van der Waals surface area contributed by atoms with Crippen LogP contribution in [0, 0.1) is 10.1 Å². The molecule has 0 heterocycles. The van der Waals surface area contributed by atoms with Gasteiger partial charge in [0.1, 0.15) is 0 Å². The molecule has 8 nitrogen and oxygen atoms in total. The number of aliphatic imine (C=N–C) groups is 1. The first-order valence-electron chi connectivity index (χ1n) is 5.64. The molecule has 110 valence electrons. The zero-order valence-electron chi connectivity index (χ0n) is 11.3. The van der Waals surface area contributed by atoms with E-state index in [9.17, 15) is 19.7 Å². The van der Waals surface area contributed by atoms with Gasteiger partial charge in [0.15, 0.2) is 5.70 Å². The number of ether oxygens (including phenoxy) is 2. The predicted molar refractivity (Wildman–Crippen MR) is 72.8 cm³/mol. The van der Waals surface area contributed by atoms with Crippen molar-refractivity contribution >= 4 is 23.8 Å². The van der Waals surface area contributed by atoms with Crippen LogP contribution in [-0.4, -0.2) is 37.3 Å². The van der Waals surface area contributed by atoms with E-state index >= 15 is 0 Å². The number of esters is 2. The number of carbonyl (C=O) groups excluding carboxylic acids is 2. The first kappa shape index (κ1) is 16.0. The maximum absolute atomic E-state index is 11.4. The number of carbonyl (C=O) groups is 2. The van der Waals surface area contributed by atoms with Gasteiger partial charge in [-0.3, -0.25) is 10.1 Å². The van der Waals surface area contributed by atoms with E-state index in [1.807, 2.05) is 0 Å². The predicted octanol–water partition coefficient (Wildman–Crippen LogP) is 1.24. The van der Waals surface area contributed by atoms with Crippen molar-refractivity contribution in [3.8, 4) is 0 Å². The minimum Gasteiger partial charge on any atom is -0.466 e. The van der Waals surface area contributed by atoms with Crippen molar-refractivity contribution in [1.29, 1.82) is 0 Å². The van der Waals surface area contributed by atoms with Gasteiger partial charge >= 0.3 is 11.9 Å². The lowest BCUT2D eigenvalue weighted by Crippen LogP contribution is -2.07. The van der Waals surface area contributed by atoms with Crippen molar-refractivity contribution < 1.29 is 24.0 Å². The average Bonchev–Trinajstić information content (AvgIpc) is 2.50. The van der Waals surface area contributed by atoms with Gasteiger partial charge in [-0.05, 0) is 17.7 Å². The van der Waals surface area contributed by atoms with E-state index in [4.69, 9.17) is 0 Å². The summed E-state index contributed by atoms with van der Waals surface area (Å²) in [4.78, 5) is 36.3. The minimum atomic E-state index is -0.807. The lowest BCUT2D eigenvalue weighted by atomic mass is 10.2. The van der Waals surface area contributed by atoms with E-state index in [0.717, 1.165) is 20.3 Å². The van der Waals surface area contributed by atoms with Crippen molar-refractivity contribution in [2.24, 2.45) is 4.99 Å². The largest absolute Gasteiger partial charge is 0.466 e. The Kier molecular flexibility index (Phi) is 5.75. The molecule has 0 radical (unpaired) electrons. The summed E-state index contributed by atoms with van der Waals surface area (Å²) in [7, 11) is 2.31. The Morgan fingerprint density at radius 2 is 1.81 bits per heavy atom. The molecule has 0 atom stereocenters. The smallest absolute Gasteiger partial charge is 0.356 e. The van der Waals surface area contributed by atoms with Crippen LogP contribution in [0.3, 0.4) is 0 Å². The Labute approximate surface area is 119 Å². The lowest BCUT2D eigenvalue weighted by molar-refractivity contribution is -0.384. The molecule has 0 spiro atoms. The molecular weight excluding hydrogens is 280 g/mol. The van der Waals surface area contributed by atoms with Crippen molar-refractivity contribution in [3.05, 3.63) is 51.7 Å². The molecule has 21 heavy (non-hydrogen) atoms. The number of hydrogen-bond donors (Lipinski definition) is 0. The maximum atomic E-state index is 11.4. The second kappa shape index (κ2) is 7.53. The highest BCUT2D eigenvalue weighted by Crippen LogP contribution is 2.11. The fourth-order valence-corrected chi connectivity index (χ4v) is 1.25. The number of rotatable bonds is 5. The summed E-state index contributed by atoms with van der Waals surface area (Å²) >= 11 is 0. The third-order valence-corrected chi connectivity index (χ3v) is 2.31. The van der Waals surface area contributed by atoms with E-state index < -0.39 is 16.9 Å². The first-order chi connectivity index (χ1) is 9.97. The van der Waals surface area contributed by atoms with E-state index in [0.29, 0.717) is 5.56 Å². The molecular formula is C13H12N2O6. The highest BCUT2D eigenvalue weighted by molar-refractivity contribution is 5.98. The summed E-state index contributed by atoms with van der Waals surface area (Å²) in [6.07, 6.45) is 2.16. The monoisotopic (exact) mass is 292 g/mol. The molecule has 0 aliphatic rings. The zero-order valence-corrected chi connectivity index (χ0v) is 11.3. The van der Waals surface area contributed by atoms with Crippen LogP contribution in [0.4, 0.5) is 5.69 Å². The second-order valence-corrected chi connectivity index (χ2v) is 3.65. The van der Waals surface area contributed by atoms with Crippen LogP contribution >= 0.6 is 0 Å². The molecule has 1 aromatic carbocycles. The Morgan fingerprint density at radius 3 is 2.29 bits per heavy atom. The topological polar surface area (TPSA) is 108 Å². The van der Waals surface area contributed by atoms with Crippen LogP contribution in [0.5, 0.6) is 0 Å². The Bertz CT molecular complexity index is 604. The van der Waals surface area contributed by atoms with Gasteiger partial charge in [-0.25, -0.2) is 14.6 Å². The van der Waals surface area contributed by atoms with Gasteiger partial charge in [0.25, 0.3) is 5.69 Å². The summed E-state index contributed by atoms with van der Waals surface area (Å²) in [6, 6.07) is 5.50. The fraction of sp³-hybridized carbons (Fsp3) is 0.154. The Morgan fingerprint density at radius 1 is 1.19 bits per heavy atom. The molecule has 1 rings (SSSR count). The number of methoxy groups -OCH3 is 2. The molecule has 0 saturated carbocycles. The summed E-state index contributed by atoms with van der Waals surface area (Å²) in [5.41, 5.74) is 0.202. The van der Waals surface area contributed by atoms with Gasteiger partial charge < -0.3 is 9.47 Å². The molecule has 0 fully saturated rings. The van der Waals surface area contributed by atoms with Crippen LogP contribution in [0.15, 0.2) is 41.0 Å². The van der Waals surface area contributed by atoms with Crippen molar-refractivity contribution in [2.45, 2.75) is 0 Å². The summed E-state index contributed by atoms with van der Waals surface area (Å²) in [5.74, 6) is -1.56. The SMILES string of the molecule is COC(=O)/C=C(\N=Cc1ccc([N+](=O)[O-])cc1)C(=O)OC. The van der Waals surface area contributed by atoms with Crippen molar-refractivity contribution in [1.82, 2.24) is 0 Å². The number of non-ortho nitro benzene ring substituents is 1.